The molecule has 0 saturated heterocycles. The monoisotopic (exact) mass is 256 g/mol. The number of hydrogen-bond donors (Lipinski definition) is 1. The maximum atomic E-state index is 9.14. The van der Waals surface area contributed by atoms with Gasteiger partial charge in [-0.05, 0) is 42.5 Å². The molecule has 92 valence electrons. The summed E-state index contributed by atoms with van der Waals surface area (Å²) in [7, 11) is 0. The molecule has 1 unspecified atom stereocenters. The van der Waals surface area contributed by atoms with Crippen molar-refractivity contribution in [3.8, 4) is 6.07 Å². The molecule has 18 heavy (non-hydrogen) atoms. The van der Waals surface area contributed by atoms with Crippen LogP contribution in [0.1, 0.15) is 35.4 Å². The van der Waals surface area contributed by atoms with Crippen LogP contribution >= 0.6 is 11.3 Å². The molecule has 0 saturated carbocycles. The second-order valence-corrected chi connectivity index (χ2v) is 5.26. The van der Waals surface area contributed by atoms with Gasteiger partial charge in [0.25, 0.3) is 0 Å². The van der Waals surface area contributed by atoms with Gasteiger partial charge in [-0.2, -0.15) is 5.26 Å². The quantitative estimate of drug-likeness (QED) is 0.874. The predicted molar refractivity (Wildman–Crippen MR) is 76.9 cm³/mol. The van der Waals surface area contributed by atoms with Gasteiger partial charge in [-0.25, -0.2) is 0 Å². The van der Waals surface area contributed by atoms with Crippen molar-refractivity contribution >= 4 is 17.0 Å². The predicted octanol–water partition coefficient (Wildman–Crippen LogP) is 4.49. The van der Waals surface area contributed by atoms with Crippen molar-refractivity contribution in [2.45, 2.75) is 26.3 Å². The first kappa shape index (κ1) is 12.7. The van der Waals surface area contributed by atoms with Gasteiger partial charge in [-0.1, -0.05) is 19.1 Å². The van der Waals surface area contributed by atoms with Gasteiger partial charge in [0.2, 0.25) is 0 Å². The molecule has 2 rings (SSSR count). The summed E-state index contributed by atoms with van der Waals surface area (Å²) in [5.41, 5.74) is 2.80. The van der Waals surface area contributed by atoms with Crippen molar-refractivity contribution in [1.82, 2.24) is 0 Å². The topological polar surface area (TPSA) is 35.8 Å². The molecule has 0 spiro atoms. The SMILES string of the molecule is CCC(Nc1cc(C)ccc1C#N)c1cccs1. The molecule has 0 bridgehead atoms. The van der Waals surface area contributed by atoms with Crippen molar-refractivity contribution in [2.24, 2.45) is 0 Å². The van der Waals surface area contributed by atoms with Crippen LogP contribution in [0.25, 0.3) is 0 Å². The third kappa shape index (κ3) is 2.72. The van der Waals surface area contributed by atoms with Crippen molar-refractivity contribution in [3.05, 3.63) is 51.7 Å². The van der Waals surface area contributed by atoms with Crippen LogP contribution in [-0.2, 0) is 0 Å². The lowest BCUT2D eigenvalue weighted by atomic mass is 10.1. The number of hydrogen-bond acceptors (Lipinski definition) is 3. The first-order chi connectivity index (χ1) is 8.74. The van der Waals surface area contributed by atoms with E-state index in [9.17, 15) is 0 Å². The Bertz CT molecular complexity index is 552. The second-order valence-electron chi connectivity index (χ2n) is 4.28. The molecule has 0 aliphatic rings. The van der Waals surface area contributed by atoms with Gasteiger partial charge >= 0.3 is 0 Å². The summed E-state index contributed by atoms with van der Waals surface area (Å²) < 4.78 is 0. The van der Waals surface area contributed by atoms with Crippen molar-refractivity contribution in [2.75, 3.05) is 5.32 Å². The molecule has 1 aromatic carbocycles. The first-order valence-electron chi connectivity index (χ1n) is 6.05. The van der Waals surface area contributed by atoms with Crippen molar-refractivity contribution < 1.29 is 0 Å². The standard InChI is InChI=1S/C15H16N2S/c1-3-13(15-5-4-8-18-15)17-14-9-11(2)6-7-12(14)10-16/h4-9,13,17H,3H2,1-2H3. The minimum absolute atomic E-state index is 0.277. The van der Waals surface area contributed by atoms with Gasteiger partial charge < -0.3 is 5.32 Å². The largest absolute Gasteiger partial charge is 0.376 e. The van der Waals surface area contributed by atoms with Gasteiger partial charge in [0.1, 0.15) is 6.07 Å². The molecule has 2 aromatic rings. The minimum atomic E-state index is 0.277. The van der Waals surface area contributed by atoms with Crippen LogP contribution in [0.3, 0.4) is 0 Å². The summed E-state index contributed by atoms with van der Waals surface area (Å²) in [6.07, 6.45) is 0.999. The lowest BCUT2D eigenvalue weighted by Crippen LogP contribution is -2.09. The fourth-order valence-corrected chi connectivity index (χ4v) is 2.79. The van der Waals surface area contributed by atoms with E-state index in [2.05, 4.69) is 35.8 Å². The van der Waals surface area contributed by atoms with E-state index in [4.69, 9.17) is 5.26 Å². The van der Waals surface area contributed by atoms with Crippen molar-refractivity contribution in [1.29, 1.82) is 5.26 Å². The van der Waals surface area contributed by atoms with Crippen LogP contribution in [0.15, 0.2) is 35.7 Å². The molecule has 3 heteroatoms. The third-order valence-electron chi connectivity index (χ3n) is 2.92. The number of aryl methyl sites for hydroxylation is 1. The molecule has 0 aliphatic heterocycles. The van der Waals surface area contributed by atoms with Gasteiger partial charge in [0.05, 0.1) is 17.3 Å². The summed E-state index contributed by atoms with van der Waals surface area (Å²) in [6, 6.07) is 12.6. The molecule has 0 fully saturated rings. The average Bonchev–Trinajstić information content (AvgIpc) is 2.90. The molecule has 1 atom stereocenters. The molecule has 1 aromatic heterocycles. The highest BCUT2D eigenvalue weighted by molar-refractivity contribution is 7.10. The van der Waals surface area contributed by atoms with E-state index in [0.717, 1.165) is 17.7 Å². The van der Waals surface area contributed by atoms with Crippen LogP contribution in [0.4, 0.5) is 5.69 Å². The Hall–Kier alpha value is -1.79. The van der Waals surface area contributed by atoms with Gasteiger partial charge in [-0.3, -0.25) is 0 Å². The molecular formula is C15H16N2S. The Kier molecular flexibility index (Phi) is 4.01. The molecule has 1 N–H and O–H groups in total. The molecule has 2 nitrogen and oxygen atoms in total. The van der Waals surface area contributed by atoms with Gasteiger partial charge in [0, 0.05) is 4.88 Å². The number of nitrogens with one attached hydrogen (secondary N) is 1. The van der Waals surface area contributed by atoms with Crippen LogP contribution in [0.5, 0.6) is 0 Å². The summed E-state index contributed by atoms with van der Waals surface area (Å²) in [5, 5.41) is 14.7. The highest BCUT2D eigenvalue weighted by atomic mass is 32.1. The van der Waals surface area contributed by atoms with Gasteiger partial charge in [-0.15, -0.1) is 11.3 Å². The number of nitrogens with zero attached hydrogens (tertiary/aromatic N) is 1. The van der Waals surface area contributed by atoms with Crippen LogP contribution < -0.4 is 5.32 Å². The fourth-order valence-electron chi connectivity index (χ4n) is 1.93. The Balaban J connectivity index is 2.27. The van der Waals surface area contributed by atoms with Gasteiger partial charge in [0.15, 0.2) is 0 Å². The number of thiophene rings is 1. The normalized spacial score (nSPS) is 11.8. The zero-order chi connectivity index (χ0) is 13.0. The molecular weight excluding hydrogens is 240 g/mol. The number of anilines is 1. The summed E-state index contributed by atoms with van der Waals surface area (Å²) in [6.45, 7) is 4.19. The second kappa shape index (κ2) is 5.70. The summed E-state index contributed by atoms with van der Waals surface area (Å²) in [4.78, 5) is 1.31. The fraction of sp³-hybridized carbons (Fsp3) is 0.267. The smallest absolute Gasteiger partial charge is 0.101 e. The Morgan fingerprint density at radius 3 is 2.83 bits per heavy atom. The van der Waals surface area contributed by atoms with Crippen LogP contribution in [0.2, 0.25) is 0 Å². The third-order valence-corrected chi connectivity index (χ3v) is 3.91. The first-order valence-corrected chi connectivity index (χ1v) is 6.93. The zero-order valence-electron chi connectivity index (χ0n) is 10.6. The minimum Gasteiger partial charge on any atom is -0.376 e. The number of nitriles is 1. The maximum absolute atomic E-state index is 9.14. The number of rotatable bonds is 4. The highest BCUT2D eigenvalue weighted by Gasteiger charge is 2.12. The Labute approximate surface area is 112 Å². The van der Waals surface area contributed by atoms with E-state index in [1.807, 2.05) is 25.1 Å². The van der Waals surface area contributed by atoms with E-state index < -0.39 is 0 Å². The number of benzene rings is 1. The van der Waals surface area contributed by atoms with E-state index in [1.165, 1.54) is 4.88 Å². The Morgan fingerprint density at radius 1 is 1.39 bits per heavy atom. The summed E-state index contributed by atoms with van der Waals surface area (Å²) in [5.74, 6) is 0. The summed E-state index contributed by atoms with van der Waals surface area (Å²) >= 11 is 1.75. The van der Waals surface area contributed by atoms with E-state index in [0.29, 0.717) is 5.56 Å². The van der Waals surface area contributed by atoms with E-state index in [-0.39, 0.29) is 6.04 Å². The lowest BCUT2D eigenvalue weighted by Gasteiger charge is -2.18. The van der Waals surface area contributed by atoms with Crippen LogP contribution in [-0.4, -0.2) is 0 Å². The maximum Gasteiger partial charge on any atom is 0.101 e. The molecule has 1 heterocycles. The molecule has 0 amide bonds. The zero-order valence-corrected chi connectivity index (χ0v) is 11.4. The van der Waals surface area contributed by atoms with Crippen molar-refractivity contribution in [3.63, 3.8) is 0 Å². The van der Waals surface area contributed by atoms with E-state index >= 15 is 0 Å². The average molecular weight is 256 g/mol. The van der Waals surface area contributed by atoms with E-state index in [1.54, 1.807) is 11.3 Å². The van der Waals surface area contributed by atoms with Crippen LogP contribution in [0, 0.1) is 18.3 Å². The molecule has 0 aliphatic carbocycles. The Morgan fingerprint density at radius 2 is 2.22 bits per heavy atom. The highest BCUT2D eigenvalue weighted by Crippen LogP contribution is 2.28. The lowest BCUT2D eigenvalue weighted by molar-refractivity contribution is 0.763. The molecule has 0 radical (unpaired) electrons.